The minimum Gasteiger partial charge on any atom is -0.456 e. The first-order valence-corrected chi connectivity index (χ1v) is 13.7. The minimum absolute atomic E-state index is 0.0955. The molecule has 8 heteroatoms. The molecule has 0 unspecified atom stereocenters. The van der Waals surface area contributed by atoms with Gasteiger partial charge >= 0.3 is 5.97 Å². The van der Waals surface area contributed by atoms with Crippen LogP contribution >= 0.6 is 0 Å². The monoisotopic (exact) mass is 530 g/mol. The van der Waals surface area contributed by atoms with E-state index in [2.05, 4.69) is 6.58 Å². The quantitative estimate of drug-likeness (QED) is 0.323. The van der Waals surface area contributed by atoms with Gasteiger partial charge in [-0.1, -0.05) is 54.2 Å². The topological polar surface area (TPSA) is 107 Å². The van der Waals surface area contributed by atoms with Gasteiger partial charge in [-0.25, -0.2) is 4.79 Å². The van der Waals surface area contributed by atoms with Crippen molar-refractivity contribution in [1.29, 1.82) is 0 Å². The summed E-state index contributed by atoms with van der Waals surface area (Å²) in [5.74, 6) is -0.548. The highest BCUT2D eigenvalue weighted by Gasteiger charge is 2.46. The highest BCUT2D eigenvalue weighted by atomic mass is 16.6. The molecule has 38 heavy (non-hydrogen) atoms. The van der Waals surface area contributed by atoms with Crippen LogP contribution in [0.15, 0.2) is 60.3 Å². The Labute approximate surface area is 225 Å². The van der Waals surface area contributed by atoms with Crippen LogP contribution < -0.4 is 0 Å². The molecule has 4 heterocycles. The van der Waals surface area contributed by atoms with Crippen molar-refractivity contribution in [3.63, 3.8) is 0 Å². The van der Waals surface area contributed by atoms with Crippen LogP contribution in [0.25, 0.3) is 0 Å². The van der Waals surface area contributed by atoms with E-state index in [4.69, 9.17) is 23.7 Å². The van der Waals surface area contributed by atoms with E-state index >= 15 is 0 Å². The van der Waals surface area contributed by atoms with E-state index in [-0.39, 0.29) is 43.0 Å². The maximum atomic E-state index is 12.7. The van der Waals surface area contributed by atoms with E-state index in [0.717, 1.165) is 31.3 Å². The van der Waals surface area contributed by atoms with Crippen LogP contribution in [0.5, 0.6) is 0 Å². The van der Waals surface area contributed by atoms with Crippen LogP contribution in [0.2, 0.25) is 0 Å². The van der Waals surface area contributed by atoms with Crippen LogP contribution in [-0.2, 0) is 28.5 Å². The third-order valence-corrected chi connectivity index (χ3v) is 7.54. The Morgan fingerprint density at radius 2 is 2.05 bits per heavy atom. The molecular formula is C30H42O8. The number of ether oxygens (including phenoxy) is 5. The van der Waals surface area contributed by atoms with Crippen LogP contribution in [0.3, 0.4) is 0 Å². The number of carbonyl (C=O) groups is 1. The molecule has 0 saturated carbocycles. The molecule has 0 aliphatic carbocycles. The standard InChI is InChI=1S/C30H42O8/c1-19-6-4-8-26-25(34-3)13-11-21(36-26)7-5-9-29(33)37-27(18-28-30(38-28)24(32)17-19)23(31)12-10-22-16-20(2)14-15-35-22/h5,9-14,21-28,30-32H,1,4,6-8,15-18H2,2-3H3/b9-5-,12-10+/t21-,22-,23+,24+,25+,26-,27+,28-,30+/m1/s1. The number of aliphatic hydroxyl groups is 2. The number of esters is 1. The first-order valence-electron chi connectivity index (χ1n) is 13.7. The Balaban J connectivity index is 1.44. The predicted molar refractivity (Wildman–Crippen MR) is 142 cm³/mol. The van der Waals surface area contributed by atoms with Crippen LogP contribution in [0.1, 0.15) is 51.9 Å². The van der Waals surface area contributed by atoms with Gasteiger partial charge in [0, 0.05) is 19.6 Å². The average molecular weight is 531 g/mol. The third-order valence-electron chi connectivity index (χ3n) is 7.54. The summed E-state index contributed by atoms with van der Waals surface area (Å²) in [7, 11) is 1.67. The van der Waals surface area contributed by atoms with Crippen molar-refractivity contribution >= 4 is 5.97 Å². The van der Waals surface area contributed by atoms with Gasteiger partial charge in [0.15, 0.2) is 0 Å². The summed E-state index contributed by atoms with van der Waals surface area (Å²) >= 11 is 0. The Bertz CT molecular complexity index is 937. The Morgan fingerprint density at radius 3 is 2.84 bits per heavy atom. The first kappa shape index (κ1) is 28.9. The van der Waals surface area contributed by atoms with Crippen LogP contribution in [0.4, 0.5) is 0 Å². The lowest BCUT2D eigenvalue weighted by atomic mass is 9.96. The van der Waals surface area contributed by atoms with Gasteiger partial charge < -0.3 is 33.9 Å². The highest BCUT2D eigenvalue weighted by molar-refractivity contribution is 5.82. The highest BCUT2D eigenvalue weighted by Crippen LogP contribution is 2.34. The SMILES string of the molecule is C=C1CCC[C@H]2O[C@@H](C=C[C@@H]2OC)C/C=C\C(=O)O[C@H]([C@@H](O)/C=C/[C@@H]2CC(C)=CCO2)C[C@H]2O[C@H]2[C@@H](O)C1. The number of aliphatic hydroxyl groups excluding tert-OH is 2. The molecule has 4 rings (SSSR count). The van der Waals surface area contributed by atoms with Crippen molar-refractivity contribution < 1.29 is 38.7 Å². The fourth-order valence-corrected chi connectivity index (χ4v) is 5.29. The summed E-state index contributed by atoms with van der Waals surface area (Å²) in [5, 5.41) is 21.6. The Morgan fingerprint density at radius 1 is 1.21 bits per heavy atom. The zero-order chi connectivity index (χ0) is 27.1. The van der Waals surface area contributed by atoms with Gasteiger partial charge in [-0.15, -0.1) is 0 Å². The molecule has 9 atom stereocenters. The van der Waals surface area contributed by atoms with E-state index in [0.29, 0.717) is 19.4 Å². The van der Waals surface area contributed by atoms with Crippen molar-refractivity contribution in [2.45, 2.75) is 107 Å². The second kappa shape index (κ2) is 13.8. The van der Waals surface area contributed by atoms with Gasteiger partial charge in [0.2, 0.25) is 0 Å². The number of carbonyl (C=O) groups excluding carboxylic acids is 1. The summed E-state index contributed by atoms with van der Waals surface area (Å²) in [6.45, 7) is 6.73. The molecule has 0 aromatic carbocycles. The lowest BCUT2D eigenvalue weighted by molar-refractivity contribution is -0.148. The van der Waals surface area contributed by atoms with Gasteiger partial charge in [0.05, 0.1) is 37.1 Å². The van der Waals surface area contributed by atoms with Gasteiger partial charge in [0.25, 0.3) is 0 Å². The minimum atomic E-state index is -1.04. The third kappa shape index (κ3) is 8.46. The van der Waals surface area contributed by atoms with Crippen LogP contribution in [-0.4, -0.2) is 84.8 Å². The fraction of sp³-hybridized carbons (Fsp3) is 0.633. The maximum Gasteiger partial charge on any atom is 0.330 e. The number of fused-ring (bicyclic) bond motifs is 3. The summed E-state index contributed by atoms with van der Waals surface area (Å²) < 4.78 is 28.9. The lowest BCUT2D eigenvalue weighted by Gasteiger charge is -2.31. The van der Waals surface area contributed by atoms with Gasteiger partial charge in [-0.2, -0.15) is 0 Å². The molecule has 1 saturated heterocycles. The van der Waals surface area contributed by atoms with Crippen LogP contribution in [0, 0.1) is 0 Å². The molecular weight excluding hydrogens is 488 g/mol. The Kier molecular flexibility index (Phi) is 10.5. The molecule has 4 aliphatic heterocycles. The molecule has 8 nitrogen and oxygen atoms in total. The molecule has 0 aromatic rings. The molecule has 0 spiro atoms. The zero-order valence-corrected chi connectivity index (χ0v) is 22.4. The molecule has 2 N–H and O–H groups in total. The number of epoxide rings is 1. The van der Waals surface area contributed by atoms with Gasteiger partial charge in [-0.3, -0.25) is 0 Å². The Hall–Kier alpha value is -2.07. The normalized spacial score (nSPS) is 38.9. The number of cyclic esters (lactones) is 1. The van der Waals surface area contributed by atoms with Gasteiger partial charge in [0.1, 0.15) is 24.4 Å². The number of hydrogen-bond acceptors (Lipinski definition) is 8. The van der Waals surface area contributed by atoms with E-state index in [1.165, 1.54) is 11.6 Å². The average Bonchev–Trinajstić information content (AvgIpc) is 3.66. The largest absolute Gasteiger partial charge is 0.456 e. The molecule has 0 amide bonds. The second-order valence-corrected chi connectivity index (χ2v) is 10.7. The second-order valence-electron chi connectivity index (χ2n) is 10.7. The number of rotatable bonds is 4. The zero-order valence-electron chi connectivity index (χ0n) is 22.4. The van der Waals surface area contributed by atoms with Gasteiger partial charge in [-0.05, 0) is 45.4 Å². The summed E-state index contributed by atoms with van der Waals surface area (Å²) in [6, 6.07) is 0. The molecule has 0 radical (unpaired) electrons. The molecule has 1 fully saturated rings. The number of methoxy groups -OCH3 is 1. The van der Waals surface area contributed by atoms with Crippen molar-refractivity contribution in [2.24, 2.45) is 0 Å². The number of hydrogen-bond donors (Lipinski definition) is 2. The summed E-state index contributed by atoms with van der Waals surface area (Å²) in [6.07, 6.45) is 13.2. The van der Waals surface area contributed by atoms with Crippen molar-refractivity contribution in [3.8, 4) is 0 Å². The fourth-order valence-electron chi connectivity index (χ4n) is 5.29. The summed E-state index contributed by atoms with van der Waals surface area (Å²) in [4.78, 5) is 12.7. The first-order chi connectivity index (χ1) is 18.3. The molecule has 0 aromatic heterocycles. The lowest BCUT2D eigenvalue weighted by Crippen LogP contribution is -2.36. The van der Waals surface area contributed by atoms with E-state index < -0.39 is 24.3 Å². The van der Waals surface area contributed by atoms with Crippen molar-refractivity contribution in [2.75, 3.05) is 13.7 Å². The maximum absolute atomic E-state index is 12.7. The molecule has 210 valence electrons. The van der Waals surface area contributed by atoms with Crippen molar-refractivity contribution in [1.82, 2.24) is 0 Å². The van der Waals surface area contributed by atoms with Crippen molar-refractivity contribution in [3.05, 3.63) is 60.3 Å². The smallest absolute Gasteiger partial charge is 0.330 e. The summed E-state index contributed by atoms with van der Waals surface area (Å²) in [5.41, 5.74) is 2.19. The van der Waals surface area contributed by atoms with E-state index in [9.17, 15) is 15.0 Å². The van der Waals surface area contributed by atoms with E-state index in [1.807, 2.05) is 31.2 Å². The molecule has 4 aliphatic rings. The predicted octanol–water partition coefficient (Wildman–Crippen LogP) is 3.48. The molecule has 2 bridgehead atoms. The van der Waals surface area contributed by atoms with E-state index in [1.54, 1.807) is 19.3 Å².